The van der Waals surface area contributed by atoms with Gasteiger partial charge in [-0.15, -0.1) is 0 Å². The Labute approximate surface area is 236 Å². The highest BCUT2D eigenvalue weighted by Gasteiger charge is 2.29. The second-order valence-electron chi connectivity index (χ2n) is 11.4. The average Bonchev–Trinajstić information content (AvgIpc) is 3.34. The van der Waals surface area contributed by atoms with Crippen molar-refractivity contribution in [3.05, 3.63) is 65.5 Å². The highest BCUT2D eigenvalue weighted by Crippen LogP contribution is 2.40. The van der Waals surface area contributed by atoms with E-state index >= 15 is 0 Å². The predicted molar refractivity (Wildman–Crippen MR) is 153 cm³/mol. The Kier molecular flexibility index (Phi) is 6.30. The number of alkyl halides is 1. The third kappa shape index (κ3) is 4.56. The lowest BCUT2D eigenvalue weighted by molar-refractivity contribution is 0.0725. The molecule has 1 unspecified atom stereocenters. The van der Waals surface area contributed by atoms with Crippen LogP contribution in [-0.2, 0) is 20.0 Å². The molecule has 4 heterocycles. The Balaban J connectivity index is 1.31. The first kappa shape index (κ1) is 25.8. The predicted octanol–water partition coefficient (Wildman–Crippen LogP) is 5.03. The lowest BCUT2D eigenvalue weighted by Gasteiger charge is -2.30. The van der Waals surface area contributed by atoms with Crippen molar-refractivity contribution in [2.24, 2.45) is 18.7 Å². The maximum absolute atomic E-state index is 13.3. The zero-order chi connectivity index (χ0) is 28.2. The molecule has 2 aliphatic rings. The number of rotatable bonds is 9. The summed E-state index contributed by atoms with van der Waals surface area (Å²) in [6.45, 7) is 2.91. The van der Waals surface area contributed by atoms with E-state index in [-0.39, 0.29) is 18.6 Å². The first-order valence-corrected chi connectivity index (χ1v) is 14.2. The Hall–Kier alpha value is -4.18. The van der Waals surface area contributed by atoms with E-state index < -0.39 is 12.7 Å². The molecule has 1 saturated carbocycles. The van der Waals surface area contributed by atoms with Gasteiger partial charge in [-0.05, 0) is 61.9 Å². The van der Waals surface area contributed by atoms with Crippen LogP contribution in [0.4, 0.5) is 4.39 Å². The summed E-state index contributed by atoms with van der Waals surface area (Å²) < 4.78 is 29.2. The molecule has 0 radical (unpaired) electrons. The molecule has 1 fully saturated rings. The number of carbonyl (C=O) groups excluding carboxylic acids is 1. The second kappa shape index (κ2) is 10.0. The van der Waals surface area contributed by atoms with Crippen molar-refractivity contribution < 1.29 is 18.4 Å². The fourth-order valence-electron chi connectivity index (χ4n) is 5.95. The maximum Gasteiger partial charge on any atom is 0.254 e. The topological polar surface area (TPSA) is 104 Å². The molecule has 0 bridgehead atoms. The van der Waals surface area contributed by atoms with Gasteiger partial charge in [0.25, 0.3) is 5.91 Å². The lowest BCUT2D eigenvalue weighted by atomic mass is 9.97. The molecule has 41 heavy (non-hydrogen) atoms. The number of halogens is 1. The standard InChI is InChI=1S/C31H33FN6O3/c1-18(27-8-10-34-41-27)40-28-5-3-4-21-13-26(38(29(21)28)16-19-6-7-19)30-35-24-14-23-20(12-25(24)36(30)2)9-11-37(31(23)39)17-22(33)15-32/h3-5,8,10,12-14,18-19,22H,6-7,9,11,15-17,33H2,1-2H3/t18?,22-/m1/s1. The molecular weight excluding hydrogens is 523 g/mol. The molecule has 10 heteroatoms. The highest BCUT2D eigenvalue weighted by atomic mass is 19.1. The van der Waals surface area contributed by atoms with Gasteiger partial charge in [-0.2, -0.15) is 0 Å². The minimum atomic E-state index is -0.674. The Morgan fingerprint density at radius 1 is 1.22 bits per heavy atom. The van der Waals surface area contributed by atoms with Gasteiger partial charge in [0, 0.05) is 43.7 Å². The number of carbonyl (C=O) groups is 1. The Morgan fingerprint density at radius 2 is 2.07 bits per heavy atom. The number of benzene rings is 2. The number of hydrogen-bond acceptors (Lipinski definition) is 6. The van der Waals surface area contributed by atoms with Crippen molar-refractivity contribution in [2.75, 3.05) is 19.8 Å². The van der Waals surface area contributed by atoms with Crippen LogP contribution in [0.3, 0.4) is 0 Å². The van der Waals surface area contributed by atoms with E-state index in [1.807, 2.05) is 38.2 Å². The van der Waals surface area contributed by atoms with E-state index in [2.05, 4.69) is 32.5 Å². The van der Waals surface area contributed by atoms with Crippen molar-refractivity contribution in [1.29, 1.82) is 0 Å². The molecule has 2 aromatic carbocycles. The van der Waals surface area contributed by atoms with Crippen LogP contribution in [-0.4, -0.2) is 55.9 Å². The van der Waals surface area contributed by atoms with Gasteiger partial charge in [-0.1, -0.05) is 17.3 Å². The zero-order valence-corrected chi connectivity index (χ0v) is 23.2. The van der Waals surface area contributed by atoms with Crippen LogP contribution in [0.15, 0.2) is 53.2 Å². The van der Waals surface area contributed by atoms with Crippen LogP contribution < -0.4 is 10.5 Å². The number of hydrogen-bond donors (Lipinski definition) is 1. The zero-order valence-electron chi connectivity index (χ0n) is 23.2. The van der Waals surface area contributed by atoms with E-state index in [0.717, 1.165) is 51.3 Å². The summed E-state index contributed by atoms with van der Waals surface area (Å²) in [5.74, 6) is 2.78. The van der Waals surface area contributed by atoms with Gasteiger partial charge < -0.3 is 29.0 Å². The third-order valence-corrected chi connectivity index (χ3v) is 8.34. The van der Waals surface area contributed by atoms with E-state index in [1.54, 1.807) is 11.1 Å². The summed E-state index contributed by atoms with van der Waals surface area (Å²) in [4.78, 5) is 20.0. The van der Waals surface area contributed by atoms with Crippen LogP contribution in [0.1, 0.15) is 47.6 Å². The van der Waals surface area contributed by atoms with Crippen molar-refractivity contribution in [3.63, 3.8) is 0 Å². The first-order chi connectivity index (χ1) is 19.9. The van der Waals surface area contributed by atoms with E-state index in [9.17, 15) is 9.18 Å². The van der Waals surface area contributed by atoms with Gasteiger partial charge in [-0.3, -0.25) is 4.79 Å². The number of ether oxygens (including phenoxy) is 1. The molecular formula is C31H33FN6O3. The Bertz CT molecular complexity index is 1750. The quantitative estimate of drug-likeness (QED) is 0.273. The Morgan fingerprint density at radius 3 is 2.83 bits per heavy atom. The van der Waals surface area contributed by atoms with Gasteiger partial charge in [0.2, 0.25) is 0 Å². The number of para-hydroxylation sites is 1. The summed E-state index contributed by atoms with van der Waals surface area (Å²) >= 11 is 0. The van der Waals surface area contributed by atoms with Crippen molar-refractivity contribution >= 4 is 27.8 Å². The number of imidazole rings is 1. The molecule has 5 aromatic rings. The average molecular weight is 557 g/mol. The molecule has 1 aliphatic heterocycles. The summed E-state index contributed by atoms with van der Waals surface area (Å²) in [5, 5.41) is 4.90. The van der Waals surface area contributed by atoms with Gasteiger partial charge in [0.1, 0.15) is 12.4 Å². The maximum atomic E-state index is 13.3. The SMILES string of the molecule is CC(Oc1cccc2cc(-c3nc4cc5c(cc4n3C)CCN(C[C@H](N)CF)C5=O)n(CC3CC3)c12)c1ccno1. The van der Waals surface area contributed by atoms with Crippen LogP contribution in [0.2, 0.25) is 0 Å². The molecule has 1 amide bonds. The summed E-state index contributed by atoms with van der Waals surface area (Å²) in [7, 11) is 2.02. The minimum Gasteiger partial charge on any atom is -0.480 e. The number of amides is 1. The first-order valence-electron chi connectivity index (χ1n) is 14.2. The molecule has 2 atom stereocenters. The van der Waals surface area contributed by atoms with Gasteiger partial charge in [0.05, 0.1) is 34.5 Å². The van der Waals surface area contributed by atoms with Crippen LogP contribution in [0.5, 0.6) is 5.75 Å². The largest absolute Gasteiger partial charge is 0.480 e. The summed E-state index contributed by atoms with van der Waals surface area (Å²) in [5.41, 5.74) is 11.2. The van der Waals surface area contributed by atoms with Crippen LogP contribution >= 0.6 is 0 Å². The number of nitrogens with two attached hydrogens (primary N) is 1. The molecule has 1 aliphatic carbocycles. The minimum absolute atomic E-state index is 0.116. The molecule has 0 spiro atoms. The normalized spacial score (nSPS) is 16.9. The molecule has 9 nitrogen and oxygen atoms in total. The van der Waals surface area contributed by atoms with E-state index in [1.165, 1.54) is 12.8 Å². The van der Waals surface area contributed by atoms with Gasteiger partial charge in [-0.25, -0.2) is 9.37 Å². The lowest BCUT2D eigenvalue weighted by Crippen LogP contribution is -2.45. The van der Waals surface area contributed by atoms with Crippen molar-refractivity contribution in [3.8, 4) is 17.3 Å². The molecule has 2 N–H and O–H groups in total. The van der Waals surface area contributed by atoms with Crippen LogP contribution in [0.25, 0.3) is 33.5 Å². The van der Waals surface area contributed by atoms with Gasteiger partial charge >= 0.3 is 0 Å². The molecule has 0 saturated heterocycles. The third-order valence-electron chi connectivity index (χ3n) is 8.34. The number of aromatic nitrogens is 4. The fraction of sp³-hybridized carbons (Fsp3) is 0.387. The summed E-state index contributed by atoms with van der Waals surface area (Å²) in [6.07, 6.45) is 4.43. The van der Waals surface area contributed by atoms with Gasteiger partial charge in [0.15, 0.2) is 17.7 Å². The molecule has 212 valence electrons. The van der Waals surface area contributed by atoms with E-state index in [4.69, 9.17) is 20.0 Å². The fourth-order valence-corrected chi connectivity index (χ4v) is 5.95. The highest BCUT2D eigenvalue weighted by molar-refractivity contribution is 6.01. The monoisotopic (exact) mass is 556 g/mol. The molecule has 3 aromatic heterocycles. The number of nitrogens with zero attached hydrogens (tertiary/aromatic N) is 5. The number of fused-ring (bicyclic) bond motifs is 3. The molecule has 7 rings (SSSR count). The smallest absolute Gasteiger partial charge is 0.254 e. The summed E-state index contributed by atoms with van der Waals surface area (Å²) in [6, 6.07) is 13.4. The van der Waals surface area contributed by atoms with E-state index in [0.29, 0.717) is 30.2 Å². The number of aryl methyl sites for hydroxylation is 1. The van der Waals surface area contributed by atoms with Crippen molar-refractivity contribution in [2.45, 2.75) is 44.9 Å². The van der Waals surface area contributed by atoms with Crippen LogP contribution in [0, 0.1) is 5.92 Å². The van der Waals surface area contributed by atoms with Crippen molar-refractivity contribution in [1.82, 2.24) is 24.2 Å². The second-order valence-corrected chi connectivity index (χ2v) is 11.4.